The first-order valence-electron chi connectivity index (χ1n) is 10.3. The number of amides is 2. The molecule has 1 aliphatic rings. The highest BCUT2D eigenvalue weighted by Crippen LogP contribution is 2.41. The van der Waals surface area contributed by atoms with Gasteiger partial charge in [-0.25, -0.2) is 14.2 Å². The first-order chi connectivity index (χ1) is 15.8. The maximum Gasteiger partial charge on any atom is 0.323 e. The molecule has 2 aromatic carbocycles. The molecule has 0 aliphatic heterocycles. The van der Waals surface area contributed by atoms with Gasteiger partial charge in [0.05, 0.1) is 5.69 Å². The predicted octanol–water partition coefficient (Wildman–Crippen LogP) is 5.82. The van der Waals surface area contributed by atoms with Crippen molar-refractivity contribution in [1.82, 2.24) is 4.98 Å². The fourth-order valence-corrected chi connectivity index (χ4v) is 3.67. The van der Waals surface area contributed by atoms with Crippen LogP contribution in [0.15, 0.2) is 60.8 Å². The van der Waals surface area contributed by atoms with E-state index in [-0.39, 0.29) is 12.3 Å². The zero-order valence-corrected chi connectivity index (χ0v) is 18.2. The number of ether oxygens (including phenoxy) is 1. The van der Waals surface area contributed by atoms with Gasteiger partial charge in [0.1, 0.15) is 17.8 Å². The lowest BCUT2D eigenvalue weighted by molar-refractivity contribution is -0.157. The maximum absolute atomic E-state index is 13.8. The molecule has 0 radical (unpaired) electrons. The third-order valence-corrected chi connectivity index (χ3v) is 5.88. The second-order valence-corrected chi connectivity index (χ2v) is 8.33. The molecule has 9 heteroatoms. The van der Waals surface area contributed by atoms with Gasteiger partial charge >= 0.3 is 12.0 Å². The van der Waals surface area contributed by atoms with Gasteiger partial charge < -0.3 is 20.5 Å². The Morgan fingerprint density at radius 3 is 2.39 bits per heavy atom. The van der Waals surface area contributed by atoms with Crippen LogP contribution >= 0.6 is 11.6 Å². The second kappa shape index (κ2) is 9.46. The molecule has 0 spiro atoms. The van der Waals surface area contributed by atoms with Gasteiger partial charge in [-0.2, -0.15) is 0 Å². The summed E-state index contributed by atoms with van der Waals surface area (Å²) >= 11 is 5.83. The summed E-state index contributed by atoms with van der Waals surface area (Å²) in [5, 5.41) is 14.7. The number of nitrogens with zero attached hydrogens (tertiary/aromatic N) is 1. The molecule has 170 valence electrons. The normalized spacial score (nSPS) is 14.1. The standard InChI is InChI=1S/C24H21ClFN3O4/c25-17-5-8-19(26)20(12-17)29-23(32)28-18-6-2-15(3-7-18)16-4-9-21(27-13-16)33-14-24(22(30)31)10-1-11-24/h2-9,12-13H,1,10-11,14H2,(H,30,31)(H2,28,29,32). The van der Waals surface area contributed by atoms with Crippen LogP contribution in [0.4, 0.5) is 20.6 Å². The number of benzene rings is 2. The smallest absolute Gasteiger partial charge is 0.323 e. The van der Waals surface area contributed by atoms with Gasteiger partial charge in [-0.3, -0.25) is 4.79 Å². The quantitative estimate of drug-likeness (QED) is 0.405. The average Bonchev–Trinajstić information content (AvgIpc) is 2.76. The summed E-state index contributed by atoms with van der Waals surface area (Å²) in [5.41, 5.74) is 1.40. The maximum atomic E-state index is 13.8. The number of nitrogens with one attached hydrogen (secondary N) is 2. The number of aromatic nitrogens is 1. The van der Waals surface area contributed by atoms with Crippen LogP contribution in [0.1, 0.15) is 19.3 Å². The fraction of sp³-hybridized carbons (Fsp3) is 0.208. The lowest BCUT2D eigenvalue weighted by atomic mass is 9.69. The van der Waals surface area contributed by atoms with Gasteiger partial charge in [0, 0.05) is 28.5 Å². The van der Waals surface area contributed by atoms with Gasteiger partial charge in [-0.1, -0.05) is 30.2 Å². The molecule has 2 amide bonds. The molecule has 0 unspecified atom stereocenters. The summed E-state index contributed by atoms with van der Waals surface area (Å²) in [6.07, 6.45) is 3.77. The van der Waals surface area contributed by atoms with Crippen molar-refractivity contribution < 1.29 is 23.8 Å². The molecule has 1 aliphatic carbocycles. The molecule has 1 saturated carbocycles. The van der Waals surface area contributed by atoms with Crippen LogP contribution in [-0.2, 0) is 4.79 Å². The number of anilines is 2. The van der Waals surface area contributed by atoms with Gasteiger partial charge in [-0.15, -0.1) is 0 Å². The molecular weight excluding hydrogens is 449 g/mol. The van der Waals surface area contributed by atoms with E-state index in [1.165, 1.54) is 18.2 Å². The van der Waals surface area contributed by atoms with E-state index in [2.05, 4.69) is 15.6 Å². The van der Waals surface area contributed by atoms with E-state index in [4.69, 9.17) is 16.3 Å². The molecule has 0 atom stereocenters. The van der Waals surface area contributed by atoms with Crippen molar-refractivity contribution in [3.8, 4) is 17.0 Å². The first kappa shape index (κ1) is 22.5. The molecule has 33 heavy (non-hydrogen) atoms. The van der Waals surface area contributed by atoms with Crippen LogP contribution in [0.2, 0.25) is 5.02 Å². The van der Waals surface area contributed by atoms with Gasteiger partial charge in [0.25, 0.3) is 0 Å². The first-order valence-corrected chi connectivity index (χ1v) is 10.7. The summed E-state index contributed by atoms with van der Waals surface area (Å²) in [5.74, 6) is -1.05. The van der Waals surface area contributed by atoms with Crippen molar-refractivity contribution in [1.29, 1.82) is 0 Å². The van der Waals surface area contributed by atoms with Gasteiger partial charge in [0.2, 0.25) is 5.88 Å². The number of halogens is 2. The predicted molar refractivity (Wildman–Crippen MR) is 123 cm³/mol. The van der Waals surface area contributed by atoms with Gasteiger partial charge in [0.15, 0.2) is 0 Å². The SMILES string of the molecule is O=C(Nc1ccc(-c2ccc(OCC3(C(=O)O)CCC3)nc2)cc1)Nc1cc(Cl)ccc1F. The van der Waals surface area contributed by atoms with Crippen LogP contribution in [0.3, 0.4) is 0 Å². The van der Waals surface area contributed by atoms with E-state index in [1.54, 1.807) is 36.5 Å². The summed E-state index contributed by atoms with van der Waals surface area (Å²) in [6, 6.07) is 13.9. The molecule has 1 heterocycles. The largest absolute Gasteiger partial charge is 0.481 e. The minimum atomic E-state index is -0.828. The number of carbonyl (C=O) groups is 2. The molecule has 1 fully saturated rings. The Morgan fingerprint density at radius 2 is 1.79 bits per heavy atom. The number of urea groups is 1. The summed E-state index contributed by atoms with van der Waals surface area (Å²) < 4.78 is 19.4. The molecule has 1 aromatic heterocycles. The van der Waals surface area contributed by atoms with E-state index >= 15 is 0 Å². The lowest BCUT2D eigenvalue weighted by Gasteiger charge is -2.36. The minimum absolute atomic E-state index is 0.0170. The number of carboxylic acid groups (broad SMARTS) is 1. The van der Waals surface area contributed by atoms with E-state index < -0.39 is 23.2 Å². The Labute approximate surface area is 194 Å². The molecule has 0 saturated heterocycles. The lowest BCUT2D eigenvalue weighted by Crippen LogP contribution is -2.43. The highest BCUT2D eigenvalue weighted by atomic mass is 35.5. The highest BCUT2D eigenvalue weighted by molar-refractivity contribution is 6.30. The van der Waals surface area contributed by atoms with Crippen LogP contribution in [0.25, 0.3) is 11.1 Å². The van der Waals surface area contributed by atoms with Crippen LogP contribution in [-0.4, -0.2) is 28.7 Å². The Kier molecular flexibility index (Phi) is 6.46. The fourth-order valence-electron chi connectivity index (χ4n) is 3.50. The zero-order chi connectivity index (χ0) is 23.4. The second-order valence-electron chi connectivity index (χ2n) is 7.89. The summed E-state index contributed by atoms with van der Waals surface area (Å²) in [4.78, 5) is 27.8. The summed E-state index contributed by atoms with van der Waals surface area (Å²) in [6.45, 7) is 0.107. The van der Waals surface area contributed by atoms with Crippen molar-refractivity contribution in [3.05, 3.63) is 71.6 Å². The Balaban J connectivity index is 1.34. The minimum Gasteiger partial charge on any atom is -0.481 e. The summed E-state index contributed by atoms with van der Waals surface area (Å²) in [7, 11) is 0. The van der Waals surface area contributed by atoms with Crippen molar-refractivity contribution in [2.75, 3.05) is 17.2 Å². The Bertz CT molecular complexity index is 1170. The van der Waals surface area contributed by atoms with E-state index in [9.17, 15) is 19.1 Å². The average molecular weight is 470 g/mol. The number of hydrogen-bond donors (Lipinski definition) is 3. The molecule has 3 aromatic rings. The molecule has 3 N–H and O–H groups in total. The number of hydrogen-bond acceptors (Lipinski definition) is 4. The van der Waals surface area contributed by atoms with Crippen molar-refractivity contribution in [3.63, 3.8) is 0 Å². The van der Waals surface area contributed by atoms with Crippen LogP contribution < -0.4 is 15.4 Å². The third-order valence-electron chi connectivity index (χ3n) is 5.65. The number of pyridine rings is 1. The van der Waals surface area contributed by atoms with E-state index in [0.29, 0.717) is 29.4 Å². The molecule has 7 nitrogen and oxygen atoms in total. The van der Waals surface area contributed by atoms with Crippen molar-refractivity contribution in [2.45, 2.75) is 19.3 Å². The third kappa shape index (κ3) is 5.23. The Hall–Kier alpha value is -3.65. The molecule has 4 rings (SSSR count). The van der Waals surface area contributed by atoms with Crippen molar-refractivity contribution in [2.24, 2.45) is 5.41 Å². The Morgan fingerprint density at radius 1 is 1.06 bits per heavy atom. The van der Waals surface area contributed by atoms with Gasteiger partial charge in [-0.05, 0) is 54.8 Å². The monoisotopic (exact) mass is 469 g/mol. The number of aliphatic carboxylic acids is 1. The van der Waals surface area contributed by atoms with E-state index in [0.717, 1.165) is 17.5 Å². The molecular formula is C24H21ClFN3O4. The van der Waals surface area contributed by atoms with Crippen LogP contribution in [0, 0.1) is 11.2 Å². The van der Waals surface area contributed by atoms with Crippen molar-refractivity contribution >= 4 is 35.0 Å². The number of rotatable bonds is 7. The highest BCUT2D eigenvalue weighted by Gasteiger charge is 2.45. The van der Waals surface area contributed by atoms with E-state index in [1.807, 2.05) is 6.07 Å². The molecule has 0 bridgehead atoms. The van der Waals surface area contributed by atoms with Crippen LogP contribution in [0.5, 0.6) is 5.88 Å². The topological polar surface area (TPSA) is 101 Å². The number of carbonyl (C=O) groups excluding carboxylic acids is 1. The zero-order valence-electron chi connectivity index (χ0n) is 17.5. The number of carboxylic acids is 1.